The van der Waals surface area contributed by atoms with Crippen molar-refractivity contribution in [1.82, 2.24) is 9.88 Å². The second kappa shape index (κ2) is 10.3. The summed E-state index contributed by atoms with van der Waals surface area (Å²) in [5, 5.41) is 10.0. The lowest BCUT2D eigenvalue weighted by Gasteiger charge is -2.11. The molecule has 28 heavy (non-hydrogen) atoms. The average Bonchev–Trinajstić information content (AvgIpc) is 3.07. The maximum Gasteiger partial charge on any atom is 0.256 e. The quantitative estimate of drug-likeness (QED) is 0.281. The van der Waals surface area contributed by atoms with Crippen LogP contribution in [-0.2, 0) is 4.79 Å². The average molecular weight is 464 g/mol. The lowest BCUT2D eigenvalue weighted by molar-refractivity contribution is -0.117. The van der Waals surface area contributed by atoms with E-state index in [2.05, 4.69) is 9.88 Å². The third kappa shape index (κ3) is 5.76. The zero-order valence-electron chi connectivity index (χ0n) is 15.3. The van der Waals surface area contributed by atoms with Gasteiger partial charge in [-0.2, -0.15) is 14.7 Å². The summed E-state index contributed by atoms with van der Waals surface area (Å²) >= 11 is 24.3. The zero-order chi connectivity index (χ0) is 20.8. The molecule has 0 atom stereocenters. The van der Waals surface area contributed by atoms with Crippen LogP contribution < -0.4 is 4.42 Å². The van der Waals surface area contributed by atoms with Gasteiger partial charge in [-0.05, 0) is 45.6 Å². The number of carbonyl (C=O) groups excluding carboxylic acids is 1. The number of nitriles is 1. The van der Waals surface area contributed by atoms with Crippen LogP contribution in [0.15, 0.2) is 16.5 Å². The molecule has 2 aromatic rings. The highest BCUT2D eigenvalue weighted by atomic mass is 35.5. The Labute approximate surface area is 183 Å². The minimum absolute atomic E-state index is 0.00890. The number of carbonyl (C=O) groups is 1. The van der Waals surface area contributed by atoms with E-state index in [0.717, 1.165) is 23.8 Å². The van der Waals surface area contributed by atoms with Crippen molar-refractivity contribution in [3.8, 4) is 17.5 Å². The summed E-state index contributed by atoms with van der Waals surface area (Å²) < 4.78 is 6.33. The molecule has 1 heterocycles. The number of anilines is 1. The predicted molar refractivity (Wildman–Crippen MR) is 112 cm³/mol. The number of hydrogen-bond acceptors (Lipinski definition) is 5. The molecule has 0 bridgehead atoms. The summed E-state index contributed by atoms with van der Waals surface area (Å²) in [7, 11) is 3.99. The van der Waals surface area contributed by atoms with E-state index >= 15 is 0 Å². The van der Waals surface area contributed by atoms with E-state index in [-0.39, 0.29) is 39.8 Å². The van der Waals surface area contributed by atoms with E-state index in [0.29, 0.717) is 17.0 Å². The molecule has 1 aromatic heterocycles. The van der Waals surface area contributed by atoms with Crippen molar-refractivity contribution in [2.24, 2.45) is 0 Å². The number of oxazole rings is 1. The van der Waals surface area contributed by atoms with E-state index in [1.807, 2.05) is 20.2 Å². The lowest BCUT2D eigenvalue weighted by Crippen LogP contribution is -2.20. The van der Waals surface area contributed by atoms with Gasteiger partial charge < -0.3 is 9.32 Å². The van der Waals surface area contributed by atoms with Gasteiger partial charge in [-0.25, -0.2) is 0 Å². The Morgan fingerprint density at radius 1 is 1.21 bits per heavy atom. The third-order valence-corrected chi connectivity index (χ3v) is 5.19. The highest BCUT2D eigenvalue weighted by Gasteiger charge is 2.25. The van der Waals surface area contributed by atoms with Crippen molar-refractivity contribution in [3.63, 3.8) is 0 Å². The number of nitrogens with zero attached hydrogens (tertiary/aromatic N) is 4. The molecule has 2 rings (SSSR count). The topological polar surface area (TPSA) is 73.4 Å². The van der Waals surface area contributed by atoms with E-state index in [1.165, 1.54) is 12.1 Å². The standard InChI is InChI=1S/C18H18Cl4N4O2/c1-25(2)7-5-3-4-6-15(27)26(22)18-14(10-23)24-17(28-18)12-8-11(19)9-13(20)16(12)21/h8-9H,3-7H2,1-2H3. The van der Waals surface area contributed by atoms with Crippen LogP contribution in [0.3, 0.4) is 0 Å². The number of aromatic nitrogens is 1. The summed E-state index contributed by atoms with van der Waals surface area (Å²) in [6.07, 6.45) is 2.76. The Morgan fingerprint density at radius 3 is 2.57 bits per heavy atom. The van der Waals surface area contributed by atoms with Crippen molar-refractivity contribution in [2.45, 2.75) is 25.7 Å². The number of amides is 1. The Balaban J connectivity index is 2.16. The fourth-order valence-corrected chi connectivity index (χ4v) is 3.32. The molecule has 0 saturated heterocycles. The van der Waals surface area contributed by atoms with E-state index in [1.54, 1.807) is 0 Å². The Morgan fingerprint density at radius 2 is 1.93 bits per heavy atom. The fourth-order valence-electron chi connectivity index (χ4n) is 2.44. The maximum absolute atomic E-state index is 12.3. The monoisotopic (exact) mass is 462 g/mol. The van der Waals surface area contributed by atoms with Crippen LogP contribution in [0.5, 0.6) is 0 Å². The van der Waals surface area contributed by atoms with Crippen LogP contribution in [0.4, 0.5) is 5.88 Å². The molecule has 0 aliphatic rings. The molecule has 10 heteroatoms. The first-order valence-electron chi connectivity index (χ1n) is 8.44. The molecular weight excluding hydrogens is 446 g/mol. The van der Waals surface area contributed by atoms with Crippen molar-refractivity contribution in [1.29, 1.82) is 5.26 Å². The molecule has 0 saturated carbocycles. The van der Waals surface area contributed by atoms with Gasteiger partial charge in [0.15, 0.2) is 0 Å². The number of benzene rings is 1. The van der Waals surface area contributed by atoms with Crippen LogP contribution in [0.2, 0.25) is 15.1 Å². The number of hydrogen-bond donors (Lipinski definition) is 0. The largest absolute Gasteiger partial charge is 0.417 e. The van der Waals surface area contributed by atoms with Crippen molar-refractivity contribution in [2.75, 3.05) is 25.1 Å². The summed E-state index contributed by atoms with van der Waals surface area (Å²) in [6.45, 7) is 0.950. The fraction of sp³-hybridized carbons (Fsp3) is 0.389. The molecule has 0 N–H and O–H groups in total. The molecule has 1 amide bonds. The van der Waals surface area contributed by atoms with Gasteiger partial charge >= 0.3 is 0 Å². The third-order valence-electron chi connectivity index (χ3n) is 3.83. The summed E-state index contributed by atoms with van der Waals surface area (Å²) in [5.74, 6) is -0.559. The highest BCUT2D eigenvalue weighted by molar-refractivity contribution is 6.45. The minimum Gasteiger partial charge on any atom is -0.417 e. The second-order valence-corrected chi connectivity index (χ2v) is 7.88. The molecule has 150 valence electrons. The van der Waals surface area contributed by atoms with Crippen molar-refractivity contribution in [3.05, 3.63) is 32.9 Å². The lowest BCUT2D eigenvalue weighted by atomic mass is 10.2. The molecule has 0 aliphatic heterocycles. The first kappa shape index (κ1) is 22.8. The van der Waals surface area contributed by atoms with Crippen LogP contribution in [0.25, 0.3) is 11.5 Å². The number of halogens is 4. The molecule has 6 nitrogen and oxygen atoms in total. The van der Waals surface area contributed by atoms with Gasteiger partial charge in [0.25, 0.3) is 5.88 Å². The first-order valence-corrected chi connectivity index (χ1v) is 9.91. The number of unbranched alkanes of at least 4 members (excludes halogenated alkanes) is 2. The van der Waals surface area contributed by atoms with E-state index in [9.17, 15) is 10.1 Å². The van der Waals surface area contributed by atoms with Crippen molar-refractivity contribution >= 4 is 58.4 Å². The van der Waals surface area contributed by atoms with Gasteiger partial charge in [0.1, 0.15) is 6.07 Å². The number of rotatable bonds is 8. The van der Waals surface area contributed by atoms with Gasteiger partial charge in [-0.15, -0.1) is 0 Å². The summed E-state index contributed by atoms with van der Waals surface area (Å²) in [5.41, 5.74) is 0.154. The Hall–Kier alpha value is -1.49. The van der Waals surface area contributed by atoms with E-state index in [4.69, 9.17) is 51.0 Å². The maximum atomic E-state index is 12.3. The van der Waals surface area contributed by atoms with Gasteiger partial charge in [0, 0.05) is 23.2 Å². The molecule has 1 aromatic carbocycles. The summed E-state index contributed by atoms with van der Waals surface area (Å²) in [6, 6.07) is 4.83. The molecule has 0 fully saturated rings. The smallest absolute Gasteiger partial charge is 0.256 e. The molecule has 0 unspecified atom stereocenters. The predicted octanol–water partition coefficient (Wildman–Crippen LogP) is 5.78. The van der Waals surface area contributed by atoms with E-state index < -0.39 is 0 Å². The Kier molecular flexibility index (Phi) is 8.41. The summed E-state index contributed by atoms with van der Waals surface area (Å²) in [4.78, 5) is 18.5. The van der Waals surface area contributed by atoms with Crippen LogP contribution in [-0.4, -0.2) is 36.4 Å². The molecule has 0 spiro atoms. The highest BCUT2D eigenvalue weighted by Crippen LogP contribution is 2.38. The first-order chi connectivity index (χ1) is 13.2. The van der Waals surface area contributed by atoms with Gasteiger partial charge in [0.2, 0.25) is 17.5 Å². The minimum atomic E-state index is -0.388. The molecule has 0 aliphatic carbocycles. The SMILES string of the molecule is CN(C)CCCCCC(=O)N(Cl)c1oc(-c2cc(Cl)cc(Cl)c2Cl)nc1C#N. The Bertz CT molecular complexity index is 892. The van der Waals surface area contributed by atoms with Gasteiger partial charge in [-0.1, -0.05) is 41.2 Å². The van der Waals surface area contributed by atoms with Crippen LogP contribution in [0.1, 0.15) is 31.4 Å². The van der Waals surface area contributed by atoms with Crippen molar-refractivity contribution < 1.29 is 9.21 Å². The molecular formula is C18H18Cl4N4O2. The van der Waals surface area contributed by atoms with Crippen LogP contribution >= 0.6 is 46.6 Å². The normalized spacial score (nSPS) is 10.9. The molecule has 0 radical (unpaired) electrons. The van der Waals surface area contributed by atoms with Crippen LogP contribution in [0, 0.1) is 11.3 Å². The second-order valence-electron chi connectivity index (χ2n) is 6.32. The van der Waals surface area contributed by atoms with Gasteiger partial charge in [0.05, 0.1) is 15.6 Å². The zero-order valence-corrected chi connectivity index (χ0v) is 18.3. The van der Waals surface area contributed by atoms with Gasteiger partial charge in [-0.3, -0.25) is 4.79 Å².